The molecule has 1 heterocycles. The summed E-state index contributed by atoms with van der Waals surface area (Å²) in [4.78, 5) is 30.9. The fraction of sp³-hybridized carbons (Fsp3) is 0.150. The van der Waals surface area contributed by atoms with Crippen molar-refractivity contribution in [2.45, 2.75) is 13.8 Å². The van der Waals surface area contributed by atoms with Gasteiger partial charge in [0.1, 0.15) is 11.3 Å². The summed E-state index contributed by atoms with van der Waals surface area (Å²) in [6.45, 7) is 3.88. The van der Waals surface area contributed by atoms with Crippen LogP contribution in [0.2, 0.25) is 0 Å². The highest BCUT2D eigenvalue weighted by Crippen LogP contribution is 2.22. The fourth-order valence-corrected chi connectivity index (χ4v) is 2.64. The van der Waals surface area contributed by atoms with Crippen LogP contribution in [0.15, 0.2) is 57.0 Å². The molecule has 0 radical (unpaired) electrons. The number of rotatable bonds is 4. The lowest BCUT2D eigenvalue weighted by atomic mass is 10.1. The van der Waals surface area contributed by atoms with Gasteiger partial charge in [-0.3, -0.25) is 14.8 Å². The van der Waals surface area contributed by atoms with E-state index < -0.39 is 17.1 Å². The third kappa shape index (κ3) is 3.52. The van der Waals surface area contributed by atoms with Crippen molar-refractivity contribution in [3.05, 3.63) is 80.0 Å². The van der Waals surface area contributed by atoms with Gasteiger partial charge in [0.2, 0.25) is 5.88 Å². The summed E-state index contributed by atoms with van der Waals surface area (Å²) in [5.74, 6) is 0.121. The molecule has 0 saturated heterocycles. The lowest BCUT2D eigenvalue weighted by Crippen LogP contribution is -2.31. The van der Waals surface area contributed by atoms with Gasteiger partial charge in [0, 0.05) is 6.21 Å². The summed E-state index contributed by atoms with van der Waals surface area (Å²) in [5, 5.41) is 10.6. The van der Waals surface area contributed by atoms with Crippen molar-refractivity contribution in [1.29, 1.82) is 0 Å². The molecule has 1 aromatic heterocycles. The molecule has 3 rings (SSSR count). The SMILES string of the molecule is COc1ccc(-n2c(O)c(C=Nc3cccc(C)c3C)c(=O)[nH]c2=O)cc1. The Hall–Kier alpha value is -3.61. The van der Waals surface area contributed by atoms with Crippen molar-refractivity contribution < 1.29 is 9.84 Å². The number of aromatic amines is 1. The minimum absolute atomic E-state index is 0.105. The maximum atomic E-state index is 12.2. The first kappa shape index (κ1) is 18.2. The van der Waals surface area contributed by atoms with E-state index in [1.165, 1.54) is 13.3 Å². The minimum atomic E-state index is -0.744. The van der Waals surface area contributed by atoms with Crippen LogP contribution in [-0.4, -0.2) is 28.0 Å². The van der Waals surface area contributed by atoms with Crippen LogP contribution in [0.3, 0.4) is 0 Å². The van der Waals surface area contributed by atoms with Crippen LogP contribution in [0, 0.1) is 13.8 Å². The first-order chi connectivity index (χ1) is 12.9. The number of H-pyrrole nitrogens is 1. The lowest BCUT2D eigenvalue weighted by molar-refractivity contribution is 0.414. The predicted molar refractivity (Wildman–Crippen MR) is 104 cm³/mol. The third-order valence-corrected chi connectivity index (χ3v) is 4.36. The van der Waals surface area contributed by atoms with Crippen molar-refractivity contribution in [3.8, 4) is 17.3 Å². The van der Waals surface area contributed by atoms with Crippen molar-refractivity contribution in [2.75, 3.05) is 7.11 Å². The summed E-state index contributed by atoms with van der Waals surface area (Å²) >= 11 is 0. The number of hydrogen-bond acceptors (Lipinski definition) is 5. The Balaban J connectivity index is 2.11. The van der Waals surface area contributed by atoms with Crippen molar-refractivity contribution in [1.82, 2.24) is 9.55 Å². The van der Waals surface area contributed by atoms with E-state index in [1.54, 1.807) is 24.3 Å². The summed E-state index contributed by atoms with van der Waals surface area (Å²) in [6.07, 6.45) is 1.26. The second-order valence-corrected chi connectivity index (χ2v) is 6.01. The molecular formula is C20H19N3O4. The maximum absolute atomic E-state index is 12.2. The molecule has 0 unspecified atom stereocenters. The molecule has 0 aliphatic heterocycles. The maximum Gasteiger partial charge on any atom is 0.335 e. The molecule has 0 spiro atoms. The van der Waals surface area contributed by atoms with E-state index in [0.717, 1.165) is 15.7 Å². The zero-order valence-electron chi connectivity index (χ0n) is 15.2. The zero-order chi connectivity index (χ0) is 19.6. The van der Waals surface area contributed by atoms with Gasteiger partial charge >= 0.3 is 5.69 Å². The average Bonchev–Trinajstić information content (AvgIpc) is 2.65. The Morgan fingerprint density at radius 3 is 2.48 bits per heavy atom. The quantitative estimate of drug-likeness (QED) is 0.695. The Kier molecular flexibility index (Phi) is 4.94. The summed E-state index contributed by atoms with van der Waals surface area (Å²) in [5.41, 5.74) is 1.53. The largest absolute Gasteiger partial charge is 0.497 e. The number of aliphatic imine (C=N–C) groups is 1. The van der Waals surface area contributed by atoms with Crippen LogP contribution in [0.1, 0.15) is 16.7 Å². The Morgan fingerprint density at radius 1 is 1.11 bits per heavy atom. The molecule has 7 nitrogen and oxygen atoms in total. The minimum Gasteiger partial charge on any atom is -0.497 e. The van der Waals surface area contributed by atoms with Gasteiger partial charge in [-0.15, -0.1) is 0 Å². The van der Waals surface area contributed by atoms with Crippen LogP contribution in [0.25, 0.3) is 5.69 Å². The molecule has 7 heteroatoms. The highest BCUT2D eigenvalue weighted by Gasteiger charge is 2.14. The Morgan fingerprint density at radius 2 is 1.81 bits per heavy atom. The van der Waals surface area contributed by atoms with E-state index in [1.807, 2.05) is 32.0 Å². The monoisotopic (exact) mass is 365 g/mol. The molecule has 0 bridgehead atoms. The van der Waals surface area contributed by atoms with Crippen LogP contribution in [0.5, 0.6) is 11.6 Å². The zero-order valence-corrected chi connectivity index (χ0v) is 15.2. The van der Waals surface area contributed by atoms with Crippen LogP contribution in [0.4, 0.5) is 5.69 Å². The van der Waals surface area contributed by atoms with E-state index in [2.05, 4.69) is 9.98 Å². The number of aryl methyl sites for hydroxylation is 1. The number of aromatic nitrogens is 2. The molecule has 0 fully saturated rings. The standard InChI is InChI=1S/C20H19N3O4/c1-12-5-4-6-17(13(12)2)21-11-16-18(24)22-20(26)23(19(16)25)14-7-9-15(27-3)10-8-14/h4-11,25H,1-3H3,(H,22,24,26). The first-order valence-electron chi connectivity index (χ1n) is 8.25. The van der Waals surface area contributed by atoms with Crippen molar-refractivity contribution >= 4 is 11.9 Å². The van der Waals surface area contributed by atoms with Crippen LogP contribution in [-0.2, 0) is 0 Å². The molecule has 0 atom stereocenters. The van der Waals surface area contributed by atoms with Gasteiger partial charge in [0.25, 0.3) is 5.56 Å². The van der Waals surface area contributed by atoms with Gasteiger partial charge in [-0.2, -0.15) is 0 Å². The first-order valence-corrected chi connectivity index (χ1v) is 8.25. The van der Waals surface area contributed by atoms with Crippen LogP contribution >= 0.6 is 0 Å². The predicted octanol–water partition coefficient (Wildman–Crippen LogP) is 2.61. The average molecular weight is 365 g/mol. The van der Waals surface area contributed by atoms with Gasteiger partial charge in [0.15, 0.2) is 0 Å². The van der Waals surface area contributed by atoms with Gasteiger partial charge in [-0.05, 0) is 55.3 Å². The number of ether oxygens (including phenoxy) is 1. The highest BCUT2D eigenvalue weighted by atomic mass is 16.5. The summed E-state index contributed by atoms with van der Waals surface area (Å²) in [6, 6.07) is 12.1. The van der Waals surface area contributed by atoms with E-state index >= 15 is 0 Å². The van der Waals surface area contributed by atoms with E-state index in [0.29, 0.717) is 17.1 Å². The van der Waals surface area contributed by atoms with E-state index in [4.69, 9.17) is 4.74 Å². The summed E-state index contributed by atoms with van der Waals surface area (Å²) in [7, 11) is 1.53. The number of hydrogen-bond donors (Lipinski definition) is 2. The molecule has 3 aromatic rings. The second-order valence-electron chi connectivity index (χ2n) is 6.01. The second kappa shape index (κ2) is 7.33. The van der Waals surface area contributed by atoms with Gasteiger partial charge in [0.05, 0.1) is 18.5 Å². The van der Waals surface area contributed by atoms with E-state index in [-0.39, 0.29) is 5.56 Å². The number of nitrogens with zero attached hydrogens (tertiary/aromatic N) is 2. The topological polar surface area (TPSA) is 96.7 Å². The number of methoxy groups -OCH3 is 1. The van der Waals surface area contributed by atoms with Crippen LogP contribution < -0.4 is 16.0 Å². The molecule has 2 N–H and O–H groups in total. The lowest BCUT2D eigenvalue weighted by Gasteiger charge is -2.10. The third-order valence-electron chi connectivity index (χ3n) is 4.36. The number of aromatic hydroxyl groups is 1. The molecule has 0 aliphatic rings. The molecular weight excluding hydrogens is 346 g/mol. The fourth-order valence-electron chi connectivity index (χ4n) is 2.64. The number of nitrogens with one attached hydrogen (secondary N) is 1. The van der Waals surface area contributed by atoms with Crippen molar-refractivity contribution in [2.24, 2.45) is 4.99 Å². The van der Waals surface area contributed by atoms with Gasteiger partial charge in [-0.1, -0.05) is 12.1 Å². The van der Waals surface area contributed by atoms with Gasteiger partial charge < -0.3 is 9.84 Å². The molecule has 27 heavy (non-hydrogen) atoms. The van der Waals surface area contributed by atoms with Gasteiger partial charge in [-0.25, -0.2) is 9.36 Å². The van der Waals surface area contributed by atoms with E-state index in [9.17, 15) is 14.7 Å². The Labute approximate surface area is 155 Å². The molecule has 0 aliphatic carbocycles. The molecule has 2 aromatic carbocycles. The highest BCUT2D eigenvalue weighted by molar-refractivity contribution is 5.84. The molecule has 0 amide bonds. The number of benzene rings is 2. The van der Waals surface area contributed by atoms with Crippen molar-refractivity contribution in [3.63, 3.8) is 0 Å². The Bertz CT molecular complexity index is 1130. The normalized spacial score (nSPS) is 11.1. The summed E-state index contributed by atoms with van der Waals surface area (Å²) < 4.78 is 6.09. The molecule has 0 saturated carbocycles. The smallest absolute Gasteiger partial charge is 0.335 e. The molecule has 138 valence electrons.